The number of benzene rings is 1. The average Bonchev–Trinajstić information content (AvgIpc) is 3.77. The number of nitrogens with two attached hydrogens (primary N) is 1. The Bertz CT molecular complexity index is 1820. The highest BCUT2D eigenvalue weighted by molar-refractivity contribution is 7.90. The molecule has 5 N–H and O–H groups in total. The summed E-state index contributed by atoms with van der Waals surface area (Å²) in [5, 5.41) is 24.3. The first kappa shape index (κ1) is 38.7. The molecule has 1 saturated carbocycles. The number of aliphatic imine (C=N–C) groups is 1. The number of hydrogen-bond donors (Lipinski definition) is 4. The van der Waals surface area contributed by atoms with Gasteiger partial charge < -0.3 is 31.1 Å². The van der Waals surface area contributed by atoms with Gasteiger partial charge in [-0.1, -0.05) is 37.3 Å². The normalized spacial score (nSPS) is 21.4. The molecule has 2 aliphatic heterocycles. The number of nitrogens with zero attached hydrogens (tertiary/aromatic N) is 5. The van der Waals surface area contributed by atoms with Gasteiger partial charge in [0.2, 0.25) is 11.7 Å². The Morgan fingerprint density at radius 3 is 2.33 bits per heavy atom. The number of ketones is 1. The van der Waals surface area contributed by atoms with Crippen molar-refractivity contribution in [2.45, 2.75) is 99.8 Å². The summed E-state index contributed by atoms with van der Waals surface area (Å²) in [6, 6.07) is 2.79. The van der Waals surface area contributed by atoms with Gasteiger partial charge in [-0.15, -0.1) is 5.10 Å². The van der Waals surface area contributed by atoms with Gasteiger partial charge in [-0.05, 0) is 50.5 Å². The summed E-state index contributed by atoms with van der Waals surface area (Å²) < 4.78 is 30.6. The fourth-order valence-corrected chi connectivity index (χ4v) is 7.80. The van der Waals surface area contributed by atoms with Crippen molar-refractivity contribution < 1.29 is 42.2 Å². The van der Waals surface area contributed by atoms with Gasteiger partial charge in [0.05, 0.1) is 22.8 Å². The van der Waals surface area contributed by atoms with E-state index in [0.29, 0.717) is 5.69 Å². The lowest BCUT2D eigenvalue weighted by Gasteiger charge is -2.37. The maximum Gasteiger partial charge on any atom is 0.345 e. The molecule has 0 bridgehead atoms. The van der Waals surface area contributed by atoms with Crippen LogP contribution in [-0.4, -0.2) is 106 Å². The predicted octanol–water partition coefficient (Wildman–Crippen LogP) is 1.41. The molecule has 1 aromatic carbocycles. The number of carbonyl (C=O) groups excluding carboxylic acids is 5. The number of anilines is 1. The smallest absolute Gasteiger partial charge is 0.345 e. The number of rotatable bonds is 11. The zero-order valence-electron chi connectivity index (χ0n) is 29.5. The van der Waals surface area contributed by atoms with E-state index in [9.17, 15) is 37.5 Å². The number of Topliss-reactive ketones (excluding diaryl/α,β-unsaturated/α-hetero) is 1. The molecule has 3 heterocycles. The highest BCUT2D eigenvalue weighted by Crippen LogP contribution is 2.34. The predicted molar refractivity (Wildman–Crippen MR) is 187 cm³/mol. The van der Waals surface area contributed by atoms with Crippen LogP contribution in [0.3, 0.4) is 0 Å². The Morgan fingerprint density at radius 2 is 1.73 bits per heavy atom. The summed E-state index contributed by atoms with van der Waals surface area (Å²) >= 11 is 0. The van der Waals surface area contributed by atoms with Crippen molar-refractivity contribution in [2.24, 2.45) is 16.6 Å². The van der Waals surface area contributed by atoms with Crippen molar-refractivity contribution >= 4 is 50.8 Å². The van der Waals surface area contributed by atoms with Gasteiger partial charge >= 0.3 is 6.03 Å². The van der Waals surface area contributed by atoms with Crippen molar-refractivity contribution in [3.63, 3.8) is 0 Å². The number of ether oxygens (including phenoxy) is 1. The lowest BCUT2D eigenvalue weighted by Crippen LogP contribution is -2.63. The van der Waals surface area contributed by atoms with E-state index in [1.54, 1.807) is 13.8 Å². The number of amides is 5. The van der Waals surface area contributed by atoms with Crippen molar-refractivity contribution in [3.05, 3.63) is 36.2 Å². The zero-order valence-corrected chi connectivity index (χ0v) is 30.4. The third-order valence-electron chi connectivity index (χ3n) is 9.98. The first-order valence-electron chi connectivity index (χ1n) is 17.4. The van der Waals surface area contributed by atoms with Gasteiger partial charge in [0.25, 0.3) is 11.8 Å². The van der Waals surface area contributed by atoms with Crippen LogP contribution in [-0.2, 0) is 39.4 Å². The summed E-state index contributed by atoms with van der Waals surface area (Å²) in [7, 11) is -3.47. The topological polar surface area (TPSA) is 245 Å². The van der Waals surface area contributed by atoms with Crippen LogP contribution in [0.1, 0.15) is 83.4 Å². The third-order valence-corrected chi connectivity index (χ3v) is 11.1. The molecule has 2 aromatic rings. The van der Waals surface area contributed by atoms with Crippen LogP contribution >= 0.6 is 0 Å². The van der Waals surface area contributed by atoms with E-state index in [1.165, 1.54) is 40.0 Å². The number of aromatic nitrogens is 3. The minimum Gasteiger partial charge on any atom is -0.384 e. The summed E-state index contributed by atoms with van der Waals surface area (Å²) in [5.41, 5.74) is 2.91. The lowest BCUT2D eigenvalue weighted by molar-refractivity contribution is -0.146. The van der Waals surface area contributed by atoms with E-state index in [1.807, 2.05) is 0 Å². The quantitative estimate of drug-likeness (QED) is 0.189. The largest absolute Gasteiger partial charge is 0.384 e. The van der Waals surface area contributed by atoms with E-state index in [4.69, 9.17) is 10.5 Å². The Balaban J connectivity index is 1.49. The van der Waals surface area contributed by atoms with E-state index >= 15 is 0 Å². The van der Waals surface area contributed by atoms with Gasteiger partial charge in [-0.25, -0.2) is 17.9 Å². The van der Waals surface area contributed by atoms with Crippen LogP contribution in [0.2, 0.25) is 0 Å². The van der Waals surface area contributed by atoms with Crippen LogP contribution in [0, 0.1) is 5.92 Å². The second-order valence-electron chi connectivity index (χ2n) is 14.4. The maximum absolute atomic E-state index is 14.6. The number of urea groups is 1. The van der Waals surface area contributed by atoms with Crippen LogP contribution in [0.15, 0.2) is 40.4 Å². The second-order valence-corrected chi connectivity index (χ2v) is 16.4. The first-order valence-corrected chi connectivity index (χ1v) is 19.2. The molecule has 0 unspecified atom stereocenters. The molecule has 17 nitrogen and oxygen atoms in total. The Morgan fingerprint density at radius 1 is 1.08 bits per heavy atom. The third kappa shape index (κ3) is 8.90. The van der Waals surface area contributed by atoms with E-state index in [2.05, 4.69) is 25.9 Å². The molecule has 3 fully saturated rings. The van der Waals surface area contributed by atoms with Gasteiger partial charge in [-0.3, -0.25) is 19.2 Å². The molecule has 5 rings (SSSR count). The highest BCUT2D eigenvalue weighted by atomic mass is 32.2. The standard InChI is InChI=1S/C34H46N8O9S/c1-33(2,48)27-19-36-40-42(27)23-18-26(30(45)39-34(28(43)29(35)44)13-15-51-16-14-34)41(20-23)31(46)25(17-21-7-5-4-6-8-21)38-32(47)37-22-9-11-24(12-10-22)52(3,49)50/h9-12,19,21,23,26,48H,4-8,13-18,20H2,1-3H3,(H2,35,44)(H,37,47)(H,39,45)/t23-,26-/m0/s1. The molecule has 18 heteroatoms. The van der Waals surface area contributed by atoms with Gasteiger partial charge in [-0.2, -0.15) is 4.99 Å². The number of likely N-dealkylation sites (tertiary alicyclic amines) is 1. The zero-order chi connectivity index (χ0) is 37.8. The number of primary amides is 1. The minimum absolute atomic E-state index is 0.00303. The molecule has 52 heavy (non-hydrogen) atoms. The SMILES string of the molecule is CC(C)(O)c1cnnn1[C@H]1C[C@@H](C(=O)NC2(C(=O)C(N)=O)CCOCC2)N(C(=O)C(CC2CCCCC2)=NC(=O)Nc2ccc(S(C)(=O)=O)cc2)C1. The molecule has 3 aliphatic rings. The van der Waals surface area contributed by atoms with E-state index < -0.39 is 62.6 Å². The monoisotopic (exact) mass is 742 g/mol. The molecular formula is C34H46N8O9S. The van der Waals surface area contributed by atoms with Crippen LogP contribution in [0.5, 0.6) is 0 Å². The highest BCUT2D eigenvalue weighted by Gasteiger charge is 2.49. The van der Waals surface area contributed by atoms with Crippen molar-refractivity contribution in [3.8, 4) is 0 Å². The minimum atomic E-state index is -3.47. The van der Waals surface area contributed by atoms with Crippen LogP contribution < -0.4 is 16.4 Å². The Kier molecular flexibility index (Phi) is 11.6. The summed E-state index contributed by atoms with van der Waals surface area (Å²) in [6.07, 6.45) is 7.21. The van der Waals surface area contributed by atoms with Crippen LogP contribution in [0.25, 0.3) is 0 Å². The fourth-order valence-electron chi connectivity index (χ4n) is 7.17. The number of hydrogen-bond acceptors (Lipinski definition) is 11. The Labute approximate surface area is 301 Å². The molecular weight excluding hydrogens is 696 g/mol. The number of carbonyl (C=O) groups is 5. The van der Waals surface area contributed by atoms with Crippen molar-refractivity contribution in [1.29, 1.82) is 0 Å². The molecule has 0 spiro atoms. The van der Waals surface area contributed by atoms with Gasteiger partial charge in [0.15, 0.2) is 9.84 Å². The summed E-state index contributed by atoms with van der Waals surface area (Å²) in [4.78, 5) is 72.9. The summed E-state index contributed by atoms with van der Waals surface area (Å²) in [5.74, 6) is -3.53. The lowest BCUT2D eigenvalue weighted by atomic mass is 9.84. The average molecular weight is 743 g/mol. The van der Waals surface area contributed by atoms with Crippen molar-refractivity contribution in [2.75, 3.05) is 31.3 Å². The maximum atomic E-state index is 14.6. The Hall–Kier alpha value is -4.55. The fraction of sp³-hybridized carbons (Fsp3) is 0.588. The first-order chi connectivity index (χ1) is 24.5. The molecule has 1 aliphatic carbocycles. The number of nitrogens with one attached hydrogen (secondary N) is 2. The van der Waals surface area contributed by atoms with Crippen molar-refractivity contribution in [1.82, 2.24) is 25.2 Å². The summed E-state index contributed by atoms with van der Waals surface area (Å²) in [6.45, 7) is 3.20. The molecule has 282 valence electrons. The molecule has 2 saturated heterocycles. The second kappa shape index (κ2) is 15.6. The van der Waals surface area contributed by atoms with Gasteiger partial charge in [0, 0.05) is 51.0 Å². The van der Waals surface area contributed by atoms with E-state index in [0.717, 1.165) is 38.4 Å². The molecule has 0 radical (unpaired) electrons. The van der Waals surface area contributed by atoms with Gasteiger partial charge in [0.1, 0.15) is 22.9 Å². The molecule has 2 atom stereocenters. The number of sulfone groups is 1. The van der Waals surface area contributed by atoms with Crippen LogP contribution in [0.4, 0.5) is 10.5 Å². The van der Waals surface area contributed by atoms with E-state index in [-0.39, 0.29) is 67.7 Å². The molecule has 5 amide bonds. The number of aliphatic hydroxyl groups is 1. The molecule has 1 aromatic heterocycles.